The summed E-state index contributed by atoms with van der Waals surface area (Å²) in [6.07, 6.45) is 0.721. The minimum atomic E-state index is -0.571. The van der Waals surface area contributed by atoms with E-state index in [2.05, 4.69) is 11.7 Å². The van der Waals surface area contributed by atoms with Crippen molar-refractivity contribution in [1.82, 2.24) is 0 Å². The highest BCUT2D eigenvalue weighted by atomic mass is 16.7. The van der Waals surface area contributed by atoms with Crippen LogP contribution in [0.25, 0.3) is 0 Å². The second-order valence-electron chi connectivity index (χ2n) is 3.92. The summed E-state index contributed by atoms with van der Waals surface area (Å²) in [7, 11) is 0. The molecule has 0 aliphatic carbocycles. The van der Waals surface area contributed by atoms with Gasteiger partial charge in [0.1, 0.15) is 0 Å². The average Bonchev–Trinajstić information content (AvgIpc) is 2.02. The lowest BCUT2D eigenvalue weighted by Crippen LogP contribution is -2.24. The molecule has 0 saturated carbocycles. The van der Waals surface area contributed by atoms with Gasteiger partial charge in [-0.1, -0.05) is 6.92 Å². The smallest absolute Gasteiger partial charge is 0.314 e. The molecule has 0 rings (SSSR count). The predicted molar refractivity (Wildman–Crippen MR) is 51.1 cm³/mol. The maximum absolute atomic E-state index is 11.2. The average molecular weight is 201 g/mol. The molecule has 0 aromatic rings. The molecular formula is C10H17O4. The largest absolute Gasteiger partial charge is 0.428 e. The standard InChI is InChI=1S/C10H17O4/c1-5-6-8(11)13-7-14-9(12)10(2,3)4/h1,5-7H2,2-4H3. The van der Waals surface area contributed by atoms with Gasteiger partial charge in [0.2, 0.25) is 6.79 Å². The van der Waals surface area contributed by atoms with Crippen LogP contribution in [-0.4, -0.2) is 18.7 Å². The molecular weight excluding hydrogens is 184 g/mol. The summed E-state index contributed by atoms with van der Waals surface area (Å²) in [5, 5.41) is 0. The summed E-state index contributed by atoms with van der Waals surface area (Å²) in [6.45, 7) is 8.38. The van der Waals surface area contributed by atoms with E-state index < -0.39 is 11.4 Å². The van der Waals surface area contributed by atoms with Gasteiger partial charge >= 0.3 is 11.9 Å². The van der Waals surface area contributed by atoms with Crippen LogP contribution in [0.4, 0.5) is 0 Å². The number of carbonyl (C=O) groups excluding carboxylic acids is 2. The third kappa shape index (κ3) is 5.56. The summed E-state index contributed by atoms with van der Waals surface area (Å²) < 4.78 is 9.35. The maximum atomic E-state index is 11.2. The molecule has 0 spiro atoms. The number of rotatable bonds is 4. The zero-order valence-corrected chi connectivity index (χ0v) is 8.96. The number of ether oxygens (including phenoxy) is 2. The first-order chi connectivity index (χ1) is 6.38. The second-order valence-corrected chi connectivity index (χ2v) is 3.92. The van der Waals surface area contributed by atoms with Gasteiger partial charge in [-0.25, -0.2) is 0 Å². The Bertz CT molecular complexity index is 203. The first-order valence-corrected chi connectivity index (χ1v) is 4.50. The van der Waals surface area contributed by atoms with Crippen molar-refractivity contribution in [1.29, 1.82) is 0 Å². The van der Waals surface area contributed by atoms with E-state index in [4.69, 9.17) is 4.74 Å². The van der Waals surface area contributed by atoms with Crippen molar-refractivity contribution >= 4 is 11.9 Å². The third-order valence-electron chi connectivity index (χ3n) is 1.40. The quantitative estimate of drug-likeness (QED) is 0.513. The molecule has 0 fully saturated rings. The molecule has 14 heavy (non-hydrogen) atoms. The van der Waals surface area contributed by atoms with Crippen LogP contribution in [0.2, 0.25) is 0 Å². The lowest BCUT2D eigenvalue weighted by atomic mass is 9.98. The molecule has 0 aromatic heterocycles. The Labute approximate surface area is 84.6 Å². The number of carbonyl (C=O) groups is 2. The van der Waals surface area contributed by atoms with E-state index in [1.165, 1.54) is 0 Å². The van der Waals surface area contributed by atoms with E-state index in [0.29, 0.717) is 6.42 Å². The zero-order chi connectivity index (χ0) is 11.2. The summed E-state index contributed by atoms with van der Waals surface area (Å²) in [4.78, 5) is 22.0. The van der Waals surface area contributed by atoms with Gasteiger partial charge in [-0.05, 0) is 27.2 Å². The minimum Gasteiger partial charge on any atom is -0.428 e. The molecule has 0 atom stereocenters. The van der Waals surface area contributed by atoms with Gasteiger partial charge in [0.25, 0.3) is 0 Å². The molecule has 0 amide bonds. The molecule has 0 aliphatic heterocycles. The molecule has 0 N–H and O–H groups in total. The third-order valence-corrected chi connectivity index (χ3v) is 1.40. The van der Waals surface area contributed by atoms with Crippen LogP contribution in [0, 0.1) is 12.3 Å². The van der Waals surface area contributed by atoms with Crippen LogP contribution in [0.3, 0.4) is 0 Å². The van der Waals surface area contributed by atoms with E-state index in [0.717, 1.165) is 0 Å². The zero-order valence-electron chi connectivity index (χ0n) is 8.96. The molecule has 0 saturated heterocycles. The molecule has 0 unspecified atom stereocenters. The van der Waals surface area contributed by atoms with E-state index in [1.54, 1.807) is 20.8 Å². The lowest BCUT2D eigenvalue weighted by molar-refractivity contribution is -0.173. The van der Waals surface area contributed by atoms with Crippen molar-refractivity contribution in [2.75, 3.05) is 6.79 Å². The normalized spacial score (nSPS) is 10.9. The maximum Gasteiger partial charge on any atom is 0.314 e. The van der Waals surface area contributed by atoms with Gasteiger partial charge in [0, 0.05) is 6.42 Å². The highest BCUT2D eigenvalue weighted by Gasteiger charge is 2.23. The Morgan fingerprint density at radius 2 is 1.79 bits per heavy atom. The van der Waals surface area contributed by atoms with Crippen LogP contribution in [0.15, 0.2) is 0 Å². The van der Waals surface area contributed by atoms with Crippen LogP contribution in [0.5, 0.6) is 0 Å². The van der Waals surface area contributed by atoms with Gasteiger partial charge in [0.15, 0.2) is 0 Å². The van der Waals surface area contributed by atoms with Gasteiger partial charge in [-0.3, -0.25) is 9.59 Å². The van der Waals surface area contributed by atoms with Crippen LogP contribution in [0.1, 0.15) is 33.6 Å². The Hall–Kier alpha value is -1.06. The van der Waals surface area contributed by atoms with Crippen molar-refractivity contribution in [3.05, 3.63) is 6.92 Å². The fraction of sp³-hybridized carbons (Fsp3) is 0.700. The highest BCUT2D eigenvalue weighted by Crippen LogP contribution is 2.14. The van der Waals surface area contributed by atoms with Crippen molar-refractivity contribution < 1.29 is 19.1 Å². The summed E-state index contributed by atoms with van der Waals surface area (Å²) in [5.41, 5.74) is -0.571. The van der Waals surface area contributed by atoms with Gasteiger partial charge < -0.3 is 9.47 Å². The molecule has 0 heterocycles. The number of esters is 2. The highest BCUT2D eigenvalue weighted by molar-refractivity contribution is 5.75. The minimum absolute atomic E-state index is 0.243. The van der Waals surface area contributed by atoms with Crippen LogP contribution in [-0.2, 0) is 19.1 Å². The lowest BCUT2D eigenvalue weighted by Gasteiger charge is -2.16. The molecule has 1 radical (unpaired) electrons. The Balaban J connectivity index is 3.65. The van der Waals surface area contributed by atoms with Gasteiger partial charge in [-0.2, -0.15) is 0 Å². The second kappa shape index (κ2) is 5.62. The fourth-order valence-corrected chi connectivity index (χ4v) is 0.582. The monoisotopic (exact) mass is 201 g/mol. The Kier molecular flexibility index (Phi) is 5.20. The molecule has 0 bridgehead atoms. The number of hydrogen-bond donors (Lipinski definition) is 0. The van der Waals surface area contributed by atoms with Crippen LogP contribution < -0.4 is 0 Å². The fourth-order valence-electron chi connectivity index (χ4n) is 0.582. The molecule has 0 aromatic carbocycles. The van der Waals surface area contributed by atoms with E-state index >= 15 is 0 Å². The Morgan fingerprint density at radius 3 is 2.21 bits per heavy atom. The van der Waals surface area contributed by atoms with Crippen LogP contribution >= 0.6 is 0 Å². The molecule has 81 valence electrons. The van der Waals surface area contributed by atoms with E-state index in [1.807, 2.05) is 0 Å². The van der Waals surface area contributed by atoms with Crippen molar-refractivity contribution in [2.24, 2.45) is 5.41 Å². The topological polar surface area (TPSA) is 52.6 Å². The van der Waals surface area contributed by atoms with Crippen molar-refractivity contribution in [3.63, 3.8) is 0 Å². The SMILES string of the molecule is [CH2]CCC(=O)OCOC(=O)C(C)(C)C. The van der Waals surface area contributed by atoms with E-state index in [9.17, 15) is 9.59 Å². The molecule has 4 heteroatoms. The summed E-state index contributed by atoms with van der Waals surface area (Å²) >= 11 is 0. The summed E-state index contributed by atoms with van der Waals surface area (Å²) in [5.74, 6) is -0.790. The van der Waals surface area contributed by atoms with Crippen molar-refractivity contribution in [2.45, 2.75) is 33.6 Å². The number of hydrogen-bond acceptors (Lipinski definition) is 4. The first-order valence-electron chi connectivity index (χ1n) is 4.50. The predicted octanol–water partition coefficient (Wildman–Crippen LogP) is 1.69. The first kappa shape index (κ1) is 12.9. The van der Waals surface area contributed by atoms with E-state index in [-0.39, 0.29) is 19.2 Å². The Morgan fingerprint density at radius 1 is 1.21 bits per heavy atom. The summed E-state index contributed by atoms with van der Waals surface area (Å²) in [6, 6.07) is 0. The van der Waals surface area contributed by atoms with Crippen molar-refractivity contribution in [3.8, 4) is 0 Å². The molecule has 4 nitrogen and oxygen atoms in total. The van der Waals surface area contributed by atoms with Gasteiger partial charge in [0.05, 0.1) is 5.41 Å². The van der Waals surface area contributed by atoms with Gasteiger partial charge in [-0.15, -0.1) is 0 Å². The molecule has 0 aliphatic rings.